The number of amides is 1. The van der Waals surface area contributed by atoms with Gasteiger partial charge in [-0.15, -0.1) is 0 Å². The number of hydrogen-bond acceptors (Lipinski definition) is 2. The van der Waals surface area contributed by atoms with Crippen LogP contribution >= 0.6 is 0 Å². The van der Waals surface area contributed by atoms with Gasteiger partial charge in [0.1, 0.15) is 0 Å². The van der Waals surface area contributed by atoms with Gasteiger partial charge in [0.15, 0.2) is 0 Å². The van der Waals surface area contributed by atoms with Crippen LogP contribution in [0.4, 0.5) is 0 Å². The molecular formula is C19H23NO3. The number of benzene rings is 1. The van der Waals surface area contributed by atoms with Gasteiger partial charge in [-0.1, -0.05) is 41.5 Å². The van der Waals surface area contributed by atoms with Gasteiger partial charge in [0.2, 0.25) is 5.91 Å². The van der Waals surface area contributed by atoms with Crippen molar-refractivity contribution in [2.45, 2.75) is 33.2 Å². The highest BCUT2D eigenvalue weighted by molar-refractivity contribution is 5.87. The van der Waals surface area contributed by atoms with Gasteiger partial charge in [0, 0.05) is 6.54 Å². The van der Waals surface area contributed by atoms with E-state index < -0.39 is 17.8 Å². The van der Waals surface area contributed by atoms with Gasteiger partial charge < -0.3 is 10.4 Å². The van der Waals surface area contributed by atoms with Crippen molar-refractivity contribution in [1.29, 1.82) is 0 Å². The molecule has 0 heterocycles. The van der Waals surface area contributed by atoms with E-state index in [1.54, 1.807) is 0 Å². The van der Waals surface area contributed by atoms with Gasteiger partial charge in [0.25, 0.3) is 0 Å². The first-order chi connectivity index (χ1) is 11.0. The Bertz CT molecular complexity index is 646. The van der Waals surface area contributed by atoms with E-state index >= 15 is 0 Å². The maximum atomic E-state index is 12.7. The Kier molecular flexibility index (Phi) is 4.24. The third kappa shape index (κ3) is 2.78. The Balaban J connectivity index is 1.79. The predicted octanol–water partition coefficient (Wildman–Crippen LogP) is 3.00. The maximum absolute atomic E-state index is 12.7. The Hall–Kier alpha value is -2.10. The molecule has 2 fully saturated rings. The molecule has 0 saturated heterocycles. The fraction of sp³-hybridized carbons (Fsp3) is 0.474. The first-order valence-corrected chi connectivity index (χ1v) is 8.22. The van der Waals surface area contributed by atoms with Crippen LogP contribution in [-0.4, -0.2) is 17.0 Å². The molecule has 1 amide bonds. The number of rotatable bonds is 4. The summed E-state index contributed by atoms with van der Waals surface area (Å²) in [6.07, 6.45) is 1.82. The molecule has 0 aliphatic heterocycles. The molecule has 3 rings (SSSR count). The molecule has 122 valence electrons. The molecule has 0 radical (unpaired) electrons. The van der Waals surface area contributed by atoms with E-state index in [0.717, 1.165) is 18.4 Å². The second kappa shape index (κ2) is 6.19. The lowest BCUT2D eigenvalue weighted by Crippen LogP contribution is -2.41. The third-order valence-corrected chi connectivity index (χ3v) is 5.32. The minimum atomic E-state index is -0.837. The van der Waals surface area contributed by atoms with E-state index in [2.05, 4.69) is 5.32 Å². The van der Waals surface area contributed by atoms with Crippen molar-refractivity contribution >= 4 is 11.9 Å². The van der Waals surface area contributed by atoms with Crippen molar-refractivity contribution in [2.24, 2.45) is 23.7 Å². The molecular weight excluding hydrogens is 290 g/mol. The van der Waals surface area contributed by atoms with Gasteiger partial charge in [-0.25, -0.2) is 0 Å². The van der Waals surface area contributed by atoms with Crippen molar-refractivity contribution in [2.75, 3.05) is 0 Å². The van der Waals surface area contributed by atoms with Gasteiger partial charge in [-0.2, -0.15) is 0 Å². The lowest BCUT2D eigenvalue weighted by atomic mass is 9.78. The Labute approximate surface area is 136 Å². The predicted molar refractivity (Wildman–Crippen MR) is 87.5 cm³/mol. The highest BCUT2D eigenvalue weighted by Crippen LogP contribution is 2.57. The minimum absolute atomic E-state index is 0.0370. The summed E-state index contributed by atoms with van der Waals surface area (Å²) < 4.78 is 0. The van der Waals surface area contributed by atoms with Crippen LogP contribution in [0.2, 0.25) is 0 Å². The number of allylic oxidation sites excluding steroid dienone is 2. The van der Waals surface area contributed by atoms with Crippen molar-refractivity contribution < 1.29 is 14.7 Å². The number of carboxylic acids is 1. The molecule has 4 nitrogen and oxygen atoms in total. The topological polar surface area (TPSA) is 66.4 Å². The minimum Gasteiger partial charge on any atom is -0.481 e. The van der Waals surface area contributed by atoms with Crippen LogP contribution in [0, 0.1) is 23.7 Å². The van der Waals surface area contributed by atoms with E-state index in [1.165, 1.54) is 11.1 Å². The molecule has 4 atom stereocenters. The summed E-state index contributed by atoms with van der Waals surface area (Å²) in [5.74, 6) is -1.82. The average molecular weight is 313 g/mol. The lowest BCUT2D eigenvalue weighted by molar-refractivity contribution is -0.149. The standard InChI is InChI=1S/C19H23NO3/c1-11(2)15-13-8-9-14(15)17(19(22)23)16(13)18(21)20-10-12-6-4-3-5-7-12/h3-7,13-14,16-17H,8-10H2,1-2H3,(H,20,21)(H,22,23)/t13-,14+,16+,17+/m0/s1. The van der Waals surface area contributed by atoms with Crippen LogP contribution in [0.1, 0.15) is 32.3 Å². The Morgan fingerprint density at radius 3 is 2.26 bits per heavy atom. The van der Waals surface area contributed by atoms with Crippen molar-refractivity contribution in [3.05, 3.63) is 47.0 Å². The maximum Gasteiger partial charge on any atom is 0.307 e. The number of hydrogen-bond donors (Lipinski definition) is 2. The fourth-order valence-corrected chi connectivity index (χ4v) is 4.51. The van der Waals surface area contributed by atoms with Crippen molar-refractivity contribution in [3.63, 3.8) is 0 Å². The number of nitrogens with one attached hydrogen (secondary N) is 1. The van der Waals surface area contributed by atoms with E-state index in [1.807, 2.05) is 44.2 Å². The first kappa shape index (κ1) is 15.8. The quantitative estimate of drug-likeness (QED) is 0.840. The smallest absolute Gasteiger partial charge is 0.307 e. The number of carboxylic acid groups (broad SMARTS) is 1. The summed E-state index contributed by atoms with van der Waals surface area (Å²) in [6.45, 7) is 4.51. The first-order valence-electron chi connectivity index (χ1n) is 8.22. The van der Waals surface area contributed by atoms with Crippen LogP contribution in [0.25, 0.3) is 0 Å². The van der Waals surface area contributed by atoms with E-state index in [4.69, 9.17) is 0 Å². The fourth-order valence-electron chi connectivity index (χ4n) is 4.51. The Morgan fingerprint density at radius 1 is 1.09 bits per heavy atom. The largest absolute Gasteiger partial charge is 0.481 e. The lowest BCUT2D eigenvalue weighted by Gasteiger charge is -2.26. The summed E-state index contributed by atoms with van der Waals surface area (Å²) in [6, 6.07) is 9.71. The molecule has 0 spiro atoms. The molecule has 1 aromatic rings. The van der Waals surface area contributed by atoms with E-state index in [0.29, 0.717) is 6.54 Å². The molecule has 4 heteroatoms. The van der Waals surface area contributed by atoms with Crippen LogP contribution in [0.15, 0.2) is 41.5 Å². The summed E-state index contributed by atoms with van der Waals surface area (Å²) in [5.41, 5.74) is 3.43. The number of carbonyl (C=O) groups excluding carboxylic acids is 1. The normalized spacial score (nSPS) is 28.7. The zero-order chi connectivity index (χ0) is 16.6. The molecule has 2 aliphatic carbocycles. The summed E-state index contributed by atoms with van der Waals surface area (Å²) >= 11 is 0. The summed E-state index contributed by atoms with van der Waals surface area (Å²) in [5, 5.41) is 12.6. The molecule has 2 N–H and O–H groups in total. The zero-order valence-corrected chi connectivity index (χ0v) is 13.6. The van der Waals surface area contributed by atoms with Crippen molar-refractivity contribution in [3.8, 4) is 0 Å². The van der Waals surface area contributed by atoms with Crippen LogP contribution < -0.4 is 5.32 Å². The summed E-state index contributed by atoms with van der Waals surface area (Å²) in [4.78, 5) is 24.4. The summed E-state index contributed by atoms with van der Waals surface area (Å²) in [7, 11) is 0. The molecule has 2 saturated carbocycles. The molecule has 1 aromatic carbocycles. The second-order valence-corrected chi connectivity index (χ2v) is 6.84. The SMILES string of the molecule is CC(C)=C1[C@H]2CC[C@@H]1[C@@H](C(=O)NCc1ccccc1)[C@@H]2C(=O)O. The van der Waals surface area contributed by atoms with Crippen LogP contribution in [0.3, 0.4) is 0 Å². The molecule has 0 unspecified atom stereocenters. The zero-order valence-electron chi connectivity index (χ0n) is 13.6. The van der Waals surface area contributed by atoms with Gasteiger partial charge in [0.05, 0.1) is 11.8 Å². The monoisotopic (exact) mass is 313 g/mol. The molecule has 0 aromatic heterocycles. The van der Waals surface area contributed by atoms with E-state index in [-0.39, 0.29) is 17.7 Å². The molecule has 23 heavy (non-hydrogen) atoms. The van der Waals surface area contributed by atoms with E-state index in [9.17, 15) is 14.7 Å². The second-order valence-electron chi connectivity index (χ2n) is 6.84. The number of carbonyl (C=O) groups is 2. The average Bonchev–Trinajstić information content (AvgIpc) is 3.09. The van der Waals surface area contributed by atoms with Gasteiger partial charge in [-0.3, -0.25) is 9.59 Å². The Morgan fingerprint density at radius 2 is 1.70 bits per heavy atom. The third-order valence-electron chi connectivity index (χ3n) is 5.32. The van der Waals surface area contributed by atoms with Crippen molar-refractivity contribution in [1.82, 2.24) is 5.32 Å². The van der Waals surface area contributed by atoms with Gasteiger partial charge in [-0.05, 0) is 44.1 Å². The van der Waals surface area contributed by atoms with Crippen LogP contribution in [-0.2, 0) is 16.1 Å². The van der Waals surface area contributed by atoms with Gasteiger partial charge >= 0.3 is 5.97 Å². The number of aliphatic carboxylic acids is 1. The highest BCUT2D eigenvalue weighted by atomic mass is 16.4. The highest BCUT2D eigenvalue weighted by Gasteiger charge is 2.57. The molecule has 2 aliphatic rings. The number of fused-ring (bicyclic) bond motifs is 2. The van der Waals surface area contributed by atoms with Crippen LogP contribution in [0.5, 0.6) is 0 Å². The molecule has 2 bridgehead atoms.